The number of hydrogen-bond acceptors (Lipinski definition) is 6. The van der Waals surface area contributed by atoms with Gasteiger partial charge in [-0.05, 0) is 36.4 Å². The van der Waals surface area contributed by atoms with Gasteiger partial charge in [0.25, 0.3) is 0 Å². The predicted octanol–water partition coefficient (Wildman–Crippen LogP) is 2.40. The fraction of sp³-hybridized carbons (Fsp3) is 0.571. The second kappa shape index (κ2) is 9.97. The van der Waals surface area contributed by atoms with Crippen LogP contribution in [-0.2, 0) is 4.74 Å². The van der Waals surface area contributed by atoms with Gasteiger partial charge in [0.15, 0.2) is 0 Å². The molecule has 0 aromatic heterocycles. The number of halogens is 2. The molecule has 0 saturated carbocycles. The van der Waals surface area contributed by atoms with Crippen LogP contribution in [-0.4, -0.2) is 55.6 Å². The Labute approximate surface area is 143 Å². The monoisotopic (exact) mass is 351 g/mol. The van der Waals surface area contributed by atoms with Crippen molar-refractivity contribution in [3.8, 4) is 0 Å². The van der Waals surface area contributed by atoms with E-state index in [9.17, 15) is 10.0 Å². The molecule has 2 atom stereocenters. The van der Waals surface area contributed by atoms with Crippen molar-refractivity contribution in [2.45, 2.75) is 19.2 Å². The lowest BCUT2D eigenvalue weighted by molar-refractivity contribution is -0.0380. The number of piperazine rings is 1. The summed E-state index contributed by atoms with van der Waals surface area (Å²) in [5.41, 5.74) is 1.49. The molecule has 0 aliphatic carbocycles. The van der Waals surface area contributed by atoms with E-state index in [4.69, 9.17) is 4.74 Å². The van der Waals surface area contributed by atoms with Crippen LogP contribution in [0.25, 0.3) is 0 Å². The summed E-state index contributed by atoms with van der Waals surface area (Å²) in [7, 11) is 1.67. The molecule has 0 amide bonds. The molecule has 22 heavy (non-hydrogen) atoms. The molecule has 0 spiro atoms. The molecule has 0 bridgehead atoms. The maximum absolute atomic E-state index is 10.4. The normalized spacial score (nSPS) is 19.8. The number of aliphatic hydroxyl groups is 1. The minimum atomic E-state index is -0.473. The molecular weight excluding hydrogens is 329 g/mol. The van der Waals surface area contributed by atoms with Crippen LogP contribution < -0.4 is 4.90 Å². The van der Waals surface area contributed by atoms with E-state index in [1.165, 1.54) is 0 Å². The van der Waals surface area contributed by atoms with E-state index >= 15 is 0 Å². The van der Waals surface area contributed by atoms with Crippen molar-refractivity contribution in [2.75, 3.05) is 38.3 Å². The number of nitroso groups, excluding NO2 is 1. The molecule has 1 N–H and O–H groups in total. The van der Waals surface area contributed by atoms with Crippen LogP contribution in [0.3, 0.4) is 0 Å². The van der Waals surface area contributed by atoms with Crippen LogP contribution in [0, 0.1) is 4.91 Å². The highest BCUT2D eigenvalue weighted by Gasteiger charge is 2.29. The first-order valence-corrected chi connectivity index (χ1v) is 6.77. The van der Waals surface area contributed by atoms with Crippen molar-refractivity contribution >= 4 is 36.2 Å². The van der Waals surface area contributed by atoms with Crippen molar-refractivity contribution in [3.05, 3.63) is 29.2 Å². The average Bonchev–Trinajstić information content (AvgIpc) is 2.47. The predicted molar refractivity (Wildman–Crippen MR) is 92.7 cm³/mol. The molecule has 8 heteroatoms. The molecule has 0 radical (unpaired) electrons. The number of nitrogens with zero attached hydrogens (tertiary/aromatic N) is 3. The van der Waals surface area contributed by atoms with E-state index in [2.05, 4.69) is 10.1 Å². The molecule has 1 fully saturated rings. The van der Waals surface area contributed by atoms with Gasteiger partial charge < -0.3 is 14.7 Å². The third kappa shape index (κ3) is 5.07. The summed E-state index contributed by atoms with van der Waals surface area (Å²) in [5, 5.41) is 12.7. The zero-order chi connectivity index (χ0) is 14.5. The van der Waals surface area contributed by atoms with Gasteiger partial charge >= 0.3 is 0 Å². The second-order valence-electron chi connectivity index (χ2n) is 5.03. The number of benzene rings is 1. The Kier molecular flexibility index (Phi) is 9.55. The standard InChI is InChI=1S/C14H21N3O3.2ClH/c1-11(18)17-8-7-16(9-14(17)10-20-2)13-5-3-12(15-19)4-6-13;;/h3-6,11,14,18H,7-10H2,1-2H3;2*1H. The molecule has 1 aromatic carbocycles. The van der Waals surface area contributed by atoms with Crippen molar-refractivity contribution in [1.82, 2.24) is 4.90 Å². The van der Waals surface area contributed by atoms with Gasteiger partial charge in [0.2, 0.25) is 0 Å². The number of hydrogen-bond donors (Lipinski definition) is 1. The lowest BCUT2D eigenvalue weighted by Crippen LogP contribution is -2.57. The summed E-state index contributed by atoms with van der Waals surface area (Å²) in [6.07, 6.45) is -0.473. The fourth-order valence-electron chi connectivity index (χ4n) is 2.66. The van der Waals surface area contributed by atoms with Crippen LogP contribution in [0.1, 0.15) is 6.92 Å². The lowest BCUT2D eigenvalue weighted by Gasteiger charge is -2.43. The number of ether oxygens (including phenoxy) is 1. The Bertz CT molecular complexity index is 445. The molecule has 1 saturated heterocycles. The quantitative estimate of drug-likeness (QED) is 0.825. The van der Waals surface area contributed by atoms with Gasteiger partial charge in [-0.2, -0.15) is 0 Å². The summed E-state index contributed by atoms with van der Waals surface area (Å²) < 4.78 is 5.25. The van der Waals surface area contributed by atoms with E-state index in [0.29, 0.717) is 12.3 Å². The second-order valence-corrected chi connectivity index (χ2v) is 5.03. The smallest absolute Gasteiger partial charge is 0.108 e. The molecule has 1 aliphatic heterocycles. The molecule has 2 rings (SSSR count). The van der Waals surface area contributed by atoms with Gasteiger partial charge in [-0.1, -0.05) is 0 Å². The Balaban J connectivity index is 0.00000220. The minimum absolute atomic E-state index is 0. The number of rotatable bonds is 5. The molecule has 126 valence electrons. The first kappa shape index (κ1) is 21.1. The van der Waals surface area contributed by atoms with E-state index < -0.39 is 6.23 Å². The van der Waals surface area contributed by atoms with Crippen LogP contribution in [0.2, 0.25) is 0 Å². The first-order chi connectivity index (χ1) is 9.65. The Hall–Kier alpha value is -0.920. The maximum Gasteiger partial charge on any atom is 0.108 e. The van der Waals surface area contributed by atoms with Crippen LogP contribution >= 0.6 is 24.8 Å². The first-order valence-electron chi connectivity index (χ1n) is 6.77. The summed E-state index contributed by atoms with van der Waals surface area (Å²) in [6.45, 7) is 4.75. The third-order valence-corrected chi connectivity index (χ3v) is 3.69. The summed E-state index contributed by atoms with van der Waals surface area (Å²) in [6, 6.07) is 7.39. The molecule has 1 heterocycles. The van der Waals surface area contributed by atoms with Crippen molar-refractivity contribution < 1.29 is 9.84 Å². The number of methoxy groups -OCH3 is 1. The van der Waals surface area contributed by atoms with Crippen molar-refractivity contribution in [3.63, 3.8) is 0 Å². The van der Waals surface area contributed by atoms with Gasteiger partial charge in [-0.15, -0.1) is 29.7 Å². The van der Waals surface area contributed by atoms with Gasteiger partial charge in [0, 0.05) is 32.4 Å². The number of aliphatic hydroxyl groups excluding tert-OH is 1. The van der Waals surface area contributed by atoms with E-state index in [-0.39, 0.29) is 30.9 Å². The van der Waals surface area contributed by atoms with E-state index in [1.807, 2.05) is 17.0 Å². The molecule has 1 aromatic rings. The largest absolute Gasteiger partial charge is 0.383 e. The summed E-state index contributed by atoms with van der Waals surface area (Å²) in [5.74, 6) is 0. The lowest BCUT2D eigenvalue weighted by atomic mass is 10.1. The molecule has 6 nitrogen and oxygen atoms in total. The van der Waals surface area contributed by atoms with E-state index in [0.717, 1.165) is 25.3 Å². The van der Waals surface area contributed by atoms with E-state index in [1.54, 1.807) is 26.2 Å². The van der Waals surface area contributed by atoms with Gasteiger partial charge in [-0.25, -0.2) is 0 Å². The highest BCUT2D eigenvalue weighted by Crippen LogP contribution is 2.23. The van der Waals surface area contributed by atoms with Gasteiger partial charge in [-0.3, -0.25) is 4.90 Å². The van der Waals surface area contributed by atoms with Crippen LogP contribution in [0.15, 0.2) is 29.4 Å². The zero-order valence-corrected chi connectivity index (χ0v) is 14.3. The van der Waals surface area contributed by atoms with Crippen molar-refractivity contribution in [2.24, 2.45) is 5.18 Å². The maximum atomic E-state index is 10.4. The SMILES string of the molecule is COCC1CN(c2ccc(N=O)cc2)CCN1C(C)O.Cl.Cl. The van der Waals surface area contributed by atoms with Gasteiger partial charge in [0.05, 0.1) is 12.6 Å². The molecular formula is C14H23Cl2N3O3. The topological polar surface area (TPSA) is 65.4 Å². The Morgan fingerprint density at radius 3 is 2.45 bits per heavy atom. The van der Waals surface area contributed by atoms with Crippen molar-refractivity contribution in [1.29, 1.82) is 0 Å². The average molecular weight is 352 g/mol. The highest BCUT2D eigenvalue weighted by molar-refractivity contribution is 5.85. The van der Waals surface area contributed by atoms with Crippen LogP contribution in [0.4, 0.5) is 11.4 Å². The third-order valence-electron chi connectivity index (χ3n) is 3.69. The fourth-order valence-corrected chi connectivity index (χ4v) is 2.66. The molecule has 1 aliphatic rings. The Morgan fingerprint density at radius 2 is 1.95 bits per heavy atom. The zero-order valence-electron chi connectivity index (χ0n) is 12.7. The highest BCUT2D eigenvalue weighted by atomic mass is 35.5. The Morgan fingerprint density at radius 1 is 1.32 bits per heavy atom. The number of anilines is 1. The van der Waals surface area contributed by atoms with Crippen LogP contribution in [0.5, 0.6) is 0 Å². The van der Waals surface area contributed by atoms with Gasteiger partial charge in [0.1, 0.15) is 11.9 Å². The minimum Gasteiger partial charge on any atom is -0.383 e. The molecule has 2 unspecified atom stereocenters. The summed E-state index contributed by atoms with van der Waals surface area (Å²) >= 11 is 0. The summed E-state index contributed by atoms with van der Waals surface area (Å²) in [4.78, 5) is 14.7.